The van der Waals surface area contributed by atoms with Gasteiger partial charge in [-0.3, -0.25) is 0 Å². The van der Waals surface area contributed by atoms with Crippen LogP contribution in [0.2, 0.25) is 0 Å². The Morgan fingerprint density at radius 1 is 1.11 bits per heavy atom. The van der Waals surface area contributed by atoms with E-state index in [-0.39, 0.29) is 0 Å². The molecule has 2 aromatic rings. The Balaban J connectivity index is 1.72. The number of hydrogen-bond acceptors (Lipinski definition) is 7. The van der Waals surface area contributed by atoms with Crippen LogP contribution in [-0.4, -0.2) is 41.1 Å². The van der Waals surface area contributed by atoms with Crippen molar-refractivity contribution in [1.29, 1.82) is 0 Å². The van der Waals surface area contributed by atoms with Gasteiger partial charge in [0.25, 0.3) is 0 Å². The van der Waals surface area contributed by atoms with Crippen molar-refractivity contribution in [3.8, 4) is 0 Å². The lowest BCUT2D eigenvalue weighted by Crippen LogP contribution is -2.47. The molecule has 1 aliphatic rings. The average molecular weight is 341 g/mol. The van der Waals surface area contributed by atoms with E-state index in [4.69, 9.17) is 5.73 Å². The van der Waals surface area contributed by atoms with Crippen LogP contribution in [0.1, 0.15) is 0 Å². The quantitative estimate of drug-likeness (QED) is 0.895. The Hall–Kier alpha value is -1.41. The summed E-state index contributed by atoms with van der Waals surface area (Å²) in [6, 6.07) is 0. The molecule has 1 fully saturated rings. The van der Waals surface area contributed by atoms with Gasteiger partial charge in [-0.15, -0.1) is 11.3 Å². The van der Waals surface area contributed by atoms with Crippen LogP contribution in [-0.2, 0) is 0 Å². The lowest BCUT2D eigenvalue weighted by Gasteiger charge is -2.35. The summed E-state index contributed by atoms with van der Waals surface area (Å²) in [6.45, 7) is 3.66. The number of piperazine rings is 1. The van der Waals surface area contributed by atoms with Crippen LogP contribution in [0.3, 0.4) is 0 Å². The third kappa shape index (κ3) is 2.50. The smallest absolute Gasteiger partial charge is 0.185 e. The van der Waals surface area contributed by atoms with E-state index in [0.29, 0.717) is 5.82 Å². The van der Waals surface area contributed by atoms with Crippen molar-refractivity contribution in [2.75, 3.05) is 41.7 Å². The van der Waals surface area contributed by atoms with Gasteiger partial charge in [0.15, 0.2) is 5.13 Å². The monoisotopic (exact) mass is 340 g/mol. The van der Waals surface area contributed by atoms with Gasteiger partial charge in [0, 0.05) is 37.8 Å². The molecule has 3 heterocycles. The zero-order valence-electron chi connectivity index (χ0n) is 10.2. The second kappa shape index (κ2) is 5.30. The molecule has 0 radical (unpaired) electrons. The zero-order chi connectivity index (χ0) is 13.2. The molecule has 0 aliphatic carbocycles. The third-order valence-corrected chi connectivity index (χ3v) is 4.66. The maximum atomic E-state index is 5.79. The van der Waals surface area contributed by atoms with Gasteiger partial charge in [-0.25, -0.2) is 15.0 Å². The molecule has 19 heavy (non-hydrogen) atoms. The van der Waals surface area contributed by atoms with Gasteiger partial charge < -0.3 is 15.5 Å². The minimum atomic E-state index is 0.479. The van der Waals surface area contributed by atoms with Crippen LogP contribution in [0.25, 0.3) is 0 Å². The Bertz CT molecular complexity index is 552. The highest BCUT2D eigenvalue weighted by Gasteiger charge is 2.21. The molecule has 0 saturated carbocycles. The first-order valence-corrected chi connectivity index (χ1v) is 7.58. The fraction of sp³-hybridized carbons (Fsp3) is 0.364. The number of nitrogens with two attached hydrogens (primary N) is 1. The van der Waals surface area contributed by atoms with Gasteiger partial charge in [0.05, 0.1) is 0 Å². The number of halogens is 1. The minimum absolute atomic E-state index is 0.479. The molecule has 2 N–H and O–H groups in total. The third-order valence-electron chi connectivity index (χ3n) is 3.07. The summed E-state index contributed by atoms with van der Waals surface area (Å²) >= 11 is 5.13. The van der Waals surface area contributed by atoms with E-state index >= 15 is 0 Å². The van der Waals surface area contributed by atoms with E-state index in [1.165, 1.54) is 6.33 Å². The molecule has 0 bridgehead atoms. The highest BCUT2D eigenvalue weighted by Crippen LogP contribution is 2.29. The first-order chi connectivity index (χ1) is 9.25. The molecule has 0 spiro atoms. The molecule has 0 amide bonds. The van der Waals surface area contributed by atoms with E-state index in [9.17, 15) is 0 Å². The number of aromatic nitrogens is 3. The summed E-state index contributed by atoms with van der Waals surface area (Å²) in [7, 11) is 0. The number of rotatable bonds is 2. The molecule has 0 aromatic carbocycles. The summed E-state index contributed by atoms with van der Waals surface area (Å²) in [5.41, 5.74) is 5.79. The SMILES string of the molecule is Nc1ncnc(N2CCN(c3nccs3)CC2)c1Br. The molecule has 3 rings (SSSR count). The predicted octanol–water partition coefficient (Wildman–Crippen LogP) is 1.60. The average Bonchev–Trinajstić information content (AvgIpc) is 2.96. The van der Waals surface area contributed by atoms with Crippen LogP contribution in [0.15, 0.2) is 22.4 Å². The number of thiazole rings is 1. The van der Waals surface area contributed by atoms with E-state index in [1.54, 1.807) is 11.3 Å². The molecule has 2 aromatic heterocycles. The summed E-state index contributed by atoms with van der Waals surface area (Å²) < 4.78 is 0.776. The van der Waals surface area contributed by atoms with Gasteiger partial charge in [-0.1, -0.05) is 0 Å². The molecule has 8 heteroatoms. The zero-order valence-corrected chi connectivity index (χ0v) is 12.6. The number of hydrogen-bond donors (Lipinski definition) is 1. The van der Waals surface area contributed by atoms with Crippen molar-refractivity contribution >= 4 is 44.0 Å². The highest BCUT2D eigenvalue weighted by molar-refractivity contribution is 9.10. The van der Waals surface area contributed by atoms with E-state index < -0.39 is 0 Å². The fourth-order valence-corrected chi connectivity index (χ4v) is 3.23. The van der Waals surface area contributed by atoms with Crippen LogP contribution in [0.5, 0.6) is 0 Å². The molecule has 0 unspecified atom stereocenters. The first kappa shape index (κ1) is 12.6. The van der Waals surface area contributed by atoms with Crippen LogP contribution in [0, 0.1) is 0 Å². The Kier molecular flexibility index (Phi) is 3.52. The maximum absolute atomic E-state index is 5.79. The van der Waals surface area contributed by atoms with Crippen LogP contribution < -0.4 is 15.5 Å². The Morgan fingerprint density at radius 3 is 2.53 bits per heavy atom. The second-order valence-electron chi connectivity index (χ2n) is 4.19. The van der Waals surface area contributed by atoms with Crippen molar-refractivity contribution in [2.24, 2.45) is 0 Å². The largest absolute Gasteiger partial charge is 0.383 e. The minimum Gasteiger partial charge on any atom is -0.383 e. The van der Waals surface area contributed by atoms with Crippen molar-refractivity contribution in [2.45, 2.75) is 0 Å². The molecule has 1 saturated heterocycles. The number of nitrogen functional groups attached to an aromatic ring is 1. The Morgan fingerprint density at radius 2 is 1.84 bits per heavy atom. The standard InChI is InChI=1S/C11H13BrN6S/c12-8-9(13)15-7-16-10(8)17-2-4-18(5-3-17)11-14-1-6-19-11/h1,6-7H,2-5H2,(H2,13,15,16). The van der Waals surface area contributed by atoms with Gasteiger partial charge in [0.1, 0.15) is 22.4 Å². The summed E-state index contributed by atoms with van der Waals surface area (Å²) in [5.74, 6) is 1.35. The molecule has 0 atom stereocenters. The van der Waals surface area contributed by atoms with E-state index in [0.717, 1.165) is 41.6 Å². The molecule has 100 valence electrons. The summed E-state index contributed by atoms with van der Waals surface area (Å²) in [4.78, 5) is 17.1. The van der Waals surface area contributed by atoms with Gasteiger partial charge >= 0.3 is 0 Å². The van der Waals surface area contributed by atoms with Crippen molar-refractivity contribution in [1.82, 2.24) is 15.0 Å². The number of nitrogens with zero attached hydrogens (tertiary/aromatic N) is 5. The lowest BCUT2D eigenvalue weighted by atomic mass is 10.3. The van der Waals surface area contributed by atoms with Crippen LogP contribution in [0.4, 0.5) is 16.8 Å². The molecule has 6 nitrogen and oxygen atoms in total. The maximum Gasteiger partial charge on any atom is 0.185 e. The van der Waals surface area contributed by atoms with Crippen molar-refractivity contribution < 1.29 is 0 Å². The Labute approximate surface area is 123 Å². The molecular formula is C11H13BrN6S. The van der Waals surface area contributed by atoms with Gasteiger partial charge in [-0.2, -0.15) is 0 Å². The predicted molar refractivity (Wildman–Crippen MR) is 80.7 cm³/mol. The normalized spacial score (nSPS) is 15.8. The number of anilines is 3. The van der Waals surface area contributed by atoms with Gasteiger partial charge in [0.2, 0.25) is 0 Å². The second-order valence-corrected chi connectivity index (χ2v) is 5.85. The van der Waals surface area contributed by atoms with E-state index in [1.807, 2.05) is 11.6 Å². The first-order valence-electron chi connectivity index (χ1n) is 5.91. The molecule has 1 aliphatic heterocycles. The summed E-state index contributed by atoms with van der Waals surface area (Å²) in [6.07, 6.45) is 3.34. The van der Waals surface area contributed by atoms with Crippen LogP contribution >= 0.6 is 27.3 Å². The summed E-state index contributed by atoms with van der Waals surface area (Å²) in [5, 5.41) is 3.09. The lowest BCUT2D eigenvalue weighted by molar-refractivity contribution is 0.644. The van der Waals surface area contributed by atoms with E-state index in [2.05, 4.69) is 40.7 Å². The fourth-order valence-electron chi connectivity index (χ4n) is 2.08. The highest BCUT2D eigenvalue weighted by atomic mass is 79.9. The van der Waals surface area contributed by atoms with Crippen molar-refractivity contribution in [3.05, 3.63) is 22.4 Å². The topological polar surface area (TPSA) is 71.2 Å². The van der Waals surface area contributed by atoms with Gasteiger partial charge in [-0.05, 0) is 15.9 Å². The van der Waals surface area contributed by atoms with Crippen molar-refractivity contribution in [3.63, 3.8) is 0 Å². The molecular weight excluding hydrogens is 328 g/mol.